The van der Waals surface area contributed by atoms with Crippen molar-refractivity contribution in [1.82, 2.24) is 10.4 Å². The Hall–Kier alpha value is -2.28. The number of nitrogens with zero attached hydrogens (tertiary/aromatic N) is 1. The molecule has 1 saturated heterocycles. The van der Waals surface area contributed by atoms with E-state index in [9.17, 15) is 18.0 Å². The average Bonchev–Trinajstić information content (AvgIpc) is 2.79. The van der Waals surface area contributed by atoms with Gasteiger partial charge < -0.3 is 4.74 Å². The molecule has 2 aromatic carbocycles. The van der Waals surface area contributed by atoms with Crippen LogP contribution >= 0.6 is 0 Å². The number of ether oxygens (including phenoxy) is 1. The molecule has 0 bridgehead atoms. The first kappa shape index (κ1) is 18.5. The lowest BCUT2D eigenvalue weighted by molar-refractivity contribution is -0.203. The van der Waals surface area contributed by atoms with Crippen LogP contribution in [0.15, 0.2) is 36.4 Å². The van der Waals surface area contributed by atoms with Crippen LogP contribution in [0.25, 0.3) is 10.8 Å². The number of carbonyl (C=O) groups is 1. The molecule has 0 spiro atoms. The van der Waals surface area contributed by atoms with Crippen LogP contribution in [0.4, 0.5) is 13.2 Å². The number of halogens is 3. The molecule has 4 nitrogen and oxygen atoms in total. The van der Waals surface area contributed by atoms with E-state index in [2.05, 4.69) is 5.43 Å². The van der Waals surface area contributed by atoms with E-state index in [0.717, 1.165) is 10.4 Å². The van der Waals surface area contributed by atoms with Crippen LogP contribution in [0, 0.1) is 0 Å². The van der Waals surface area contributed by atoms with Gasteiger partial charge in [-0.15, -0.1) is 0 Å². The third kappa shape index (κ3) is 3.35. The fourth-order valence-electron chi connectivity index (χ4n) is 3.41. The van der Waals surface area contributed by atoms with Crippen LogP contribution in [-0.2, 0) is 4.79 Å². The fraction of sp³-hybridized carbons (Fsp3) is 0.421. The summed E-state index contributed by atoms with van der Waals surface area (Å²) in [4.78, 5) is 11.7. The predicted molar refractivity (Wildman–Crippen MR) is 92.6 cm³/mol. The topological polar surface area (TPSA) is 41.6 Å². The SMILES string of the molecule is CCOc1cccc2ccc([C@H](N3NC(=O)CC3(C)C)C(F)(F)F)cc12. The number of fused-ring (bicyclic) bond motifs is 1. The van der Waals surface area contributed by atoms with Gasteiger partial charge >= 0.3 is 6.18 Å². The third-order valence-corrected chi connectivity index (χ3v) is 4.54. The Labute approximate surface area is 149 Å². The van der Waals surface area contributed by atoms with Crippen molar-refractivity contribution in [3.8, 4) is 5.75 Å². The molecule has 1 aliphatic rings. The summed E-state index contributed by atoms with van der Waals surface area (Å²) in [5.41, 5.74) is 1.49. The first-order chi connectivity index (χ1) is 12.1. The Balaban J connectivity index is 2.13. The number of amides is 1. The van der Waals surface area contributed by atoms with Gasteiger partial charge in [0.1, 0.15) is 5.75 Å². The maximum atomic E-state index is 14.0. The maximum absolute atomic E-state index is 14.0. The normalized spacial score (nSPS) is 18.8. The van der Waals surface area contributed by atoms with E-state index in [0.29, 0.717) is 17.7 Å². The minimum Gasteiger partial charge on any atom is -0.493 e. The highest BCUT2D eigenvalue weighted by molar-refractivity contribution is 5.89. The number of hydrogen-bond donors (Lipinski definition) is 1. The monoisotopic (exact) mass is 366 g/mol. The molecule has 1 aliphatic heterocycles. The van der Waals surface area contributed by atoms with Crippen molar-refractivity contribution in [2.45, 2.75) is 44.9 Å². The van der Waals surface area contributed by atoms with Crippen molar-refractivity contribution in [2.75, 3.05) is 6.61 Å². The fourth-order valence-corrected chi connectivity index (χ4v) is 3.41. The molecule has 3 rings (SSSR count). The van der Waals surface area contributed by atoms with Gasteiger partial charge in [0.05, 0.1) is 6.61 Å². The molecular formula is C19H21F3N2O2. The summed E-state index contributed by atoms with van der Waals surface area (Å²) in [7, 11) is 0. The van der Waals surface area contributed by atoms with E-state index in [4.69, 9.17) is 4.74 Å². The molecular weight excluding hydrogens is 345 g/mol. The second kappa shape index (κ2) is 6.46. The molecule has 1 N–H and O–H groups in total. The summed E-state index contributed by atoms with van der Waals surface area (Å²) >= 11 is 0. The van der Waals surface area contributed by atoms with Gasteiger partial charge in [-0.05, 0) is 43.9 Å². The lowest BCUT2D eigenvalue weighted by atomic mass is 9.95. The van der Waals surface area contributed by atoms with Gasteiger partial charge in [0.15, 0.2) is 6.04 Å². The average molecular weight is 366 g/mol. The second-order valence-electron chi connectivity index (χ2n) is 7.01. The van der Waals surface area contributed by atoms with Crippen LogP contribution in [0.5, 0.6) is 5.75 Å². The largest absolute Gasteiger partial charge is 0.493 e. The van der Waals surface area contributed by atoms with Gasteiger partial charge in [-0.25, -0.2) is 0 Å². The smallest absolute Gasteiger partial charge is 0.409 e. The van der Waals surface area contributed by atoms with Crippen molar-refractivity contribution in [1.29, 1.82) is 0 Å². The molecule has 7 heteroatoms. The molecule has 1 fully saturated rings. The lowest BCUT2D eigenvalue weighted by Gasteiger charge is -2.38. The molecule has 1 amide bonds. The van der Waals surface area contributed by atoms with Crippen molar-refractivity contribution < 1.29 is 22.7 Å². The highest BCUT2D eigenvalue weighted by atomic mass is 19.4. The molecule has 140 valence electrons. The van der Waals surface area contributed by atoms with E-state index < -0.39 is 23.7 Å². The van der Waals surface area contributed by atoms with Gasteiger partial charge in [-0.2, -0.15) is 18.2 Å². The molecule has 0 radical (unpaired) electrons. The highest BCUT2D eigenvalue weighted by Gasteiger charge is 2.53. The number of rotatable bonds is 4. The Morgan fingerprint density at radius 2 is 2.00 bits per heavy atom. The van der Waals surface area contributed by atoms with E-state index in [-0.39, 0.29) is 12.0 Å². The third-order valence-electron chi connectivity index (χ3n) is 4.54. The highest BCUT2D eigenvalue weighted by Crippen LogP contribution is 2.43. The summed E-state index contributed by atoms with van der Waals surface area (Å²) in [6.07, 6.45) is -4.54. The first-order valence-electron chi connectivity index (χ1n) is 8.44. The number of hydrogen-bond acceptors (Lipinski definition) is 3. The lowest BCUT2D eigenvalue weighted by Crippen LogP contribution is -2.51. The number of benzene rings is 2. The minimum absolute atomic E-state index is 0.0113. The van der Waals surface area contributed by atoms with Gasteiger partial charge in [-0.3, -0.25) is 10.2 Å². The zero-order valence-electron chi connectivity index (χ0n) is 14.9. The molecule has 26 heavy (non-hydrogen) atoms. The van der Waals surface area contributed by atoms with Crippen molar-refractivity contribution in [3.63, 3.8) is 0 Å². The zero-order valence-corrected chi connectivity index (χ0v) is 14.9. The van der Waals surface area contributed by atoms with Gasteiger partial charge in [0, 0.05) is 17.3 Å². The molecule has 0 aliphatic carbocycles. The summed E-state index contributed by atoms with van der Waals surface area (Å²) in [5.74, 6) is 0.123. The quantitative estimate of drug-likeness (QED) is 0.874. The summed E-state index contributed by atoms with van der Waals surface area (Å²) < 4.78 is 47.4. The molecule has 1 heterocycles. The summed E-state index contributed by atoms with van der Waals surface area (Å²) in [5, 5.41) is 2.43. The molecule has 0 saturated carbocycles. The van der Waals surface area contributed by atoms with Crippen LogP contribution in [0.3, 0.4) is 0 Å². The van der Waals surface area contributed by atoms with E-state index in [1.54, 1.807) is 32.0 Å². The zero-order chi connectivity index (χ0) is 19.1. The molecule has 1 atom stereocenters. The Bertz CT molecular complexity index is 833. The van der Waals surface area contributed by atoms with Crippen molar-refractivity contribution >= 4 is 16.7 Å². The standard InChI is InChI=1S/C19H21F3N2O2/c1-4-26-15-7-5-6-12-8-9-13(10-14(12)15)17(19(20,21)22)24-18(2,3)11-16(25)23-24/h5-10,17H,4,11H2,1-3H3,(H,23,25)/t17-/m0/s1. The minimum atomic E-state index is -4.55. The second-order valence-corrected chi connectivity index (χ2v) is 7.01. The van der Waals surface area contributed by atoms with Crippen LogP contribution in [0.2, 0.25) is 0 Å². The van der Waals surface area contributed by atoms with Crippen LogP contribution in [0.1, 0.15) is 38.8 Å². The van der Waals surface area contributed by atoms with Gasteiger partial charge in [0.25, 0.3) is 0 Å². The van der Waals surface area contributed by atoms with Crippen molar-refractivity contribution in [2.24, 2.45) is 0 Å². The predicted octanol–water partition coefficient (Wildman–Crippen LogP) is 4.36. The molecule has 2 aromatic rings. The molecule has 0 aromatic heterocycles. The van der Waals surface area contributed by atoms with Gasteiger partial charge in [0.2, 0.25) is 5.91 Å². The maximum Gasteiger partial charge on any atom is 0.409 e. The number of alkyl halides is 3. The number of hydrazine groups is 1. The molecule has 0 unspecified atom stereocenters. The van der Waals surface area contributed by atoms with E-state index in [1.165, 1.54) is 12.1 Å². The number of nitrogens with one attached hydrogen (secondary N) is 1. The van der Waals surface area contributed by atoms with E-state index >= 15 is 0 Å². The van der Waals surface area contributed by atoms with E-state index in [1.807, 2.05) is 13.0 Å². The Morgan fingerprint density at radius 1 is 1.27 bits per heavy atom. The first-order valence-corrected chi connectivity index (χ1v) is 8.44. The van der Waals surface area contributed by atoms with Crippen LogP contribution < -0.4 is 10.2 Å². The Kier molecular flexibility index (Phi) is 4.60. The summed E-state index contributed by atoms with van der Waals surface area (Å²) in [6, 6.07) is 8.03. The Morgan fingerprint density at radius 3 is 2.58 bits per heavy atom. The summed E-state index contributed by atoms with van der Waals surface area (Å²) in [6.45, 7) is 5.48. The van der Waals surface area contributed by atoms with Crippen molar-refractivity contribution in [3.05, 3.63) is 42.0 Å². The van der Waals surface area contributed by atoms with Crippen LogP contribution in [-0.4, -0.2) is 29.2 Å². The van der Waals surface area contributed by atoms with Gasteiger partial charge in [-0.1, -0.05) is 24.3 Å². The number of carbonyl (C=O) groups excluding carboxylic acids is 1.